The fourth-order valence-electron chi connectivity index (χ4n) is 4.10. The first-order valence-electron chi connectivity index (χ1n) is 10.4. The molecule has 3 heterocycles. The van der Waals surface area contributed by atoms with Gasteiger partial charge < -0.3 is 19.6 Å². The Balaban J connectivity index is 1.69. The van der Waals surface area contributed by atoms with Gasteiger partial charge in [0.1, 0.15) is 11.9 Å². The molecule has 33 heavy (non-hydrogen) atoms. The van der Waals surface area contributed by atoms with E-state index in [1.165, 1.54) is 9.58 Å². The quantitative estimate of drug-likeness (QED) is 0.682. The lowest BCUT2D eigenvalue weighted by Gasteiger charge is -2.34. The fraction of sp³-hybridized carbons (Fsp3) is 0.450. The lowest BCUT2D eigenvalue weighted by molar-refractivity contribution is 0.0767. The molecule has 13 heteroatoms. The van der Waals surface area contributed by atoms with Crippen molar-refractivity contribution >= 4 is 27.6 Å². The molecule has 0 bridgehead atoms. The van der Waals surface area contributed by atoms with Crippen molar-refractivity contribution in [2.45, 2.75) is 38.8 Å². The van der Waals surface area contributed by atoms with Crippen LogP contribution in [0.1, 0.15) is 26.7 Å². The molecule has 2 aliphatic rings. The number of benzene rings is 1. The lowest BCUT2D eigenvalue weighted by Crippen LogP contribution is -2.49. The van der Waals surface area contributed by atoms with Gasteiger partial charge in [0.2, 0.25) is 0 Å². The third kappa shape index (κ3) is 4.15. The third-order valence-corrected chi connectivity index (χ3v) is 6.62. The van der Waals surface area contributed by atoms with Crippen molar-refractivity contribution in [3.05, 3.63) is 30.0 Å². The van der Waals surface area contributed by atoms with Crippen molar-refractivity contribution in [1.29, 1.82) is 0 Å². The standard InChI is InChI=1S/C20H26N8O4S/c1-6-14(16-11-10-12(2)32-16)26(3)19-20(23-33(30,31)22-19)27(4)15-9-7-8-13(17(15)29)18-21-24-25-28(18)5/h7-10,14,16,29H,6,11H2,1-5H3/t14-,16?/m1/s1. The molecule has 0 spiro atoms. The van der Waals surface area contributed by atoms with Gasteiger partial charge >= 0.3 is 10.2 Å². The minimum absolute atomic E-state index is 0.0992. The molecule has 176 valence electrons. The number of nitrogens with zero attached hydrogens (tertiary/aromatic N) is 8. The number of hydrogen-bond donors (Lipinski definition) is 1. The SMILES string of the molecule is CC[C@H](C1CC=C(C)O1)N(C)C1=NS(=O)(=O)N=C1N(C)c1cccc(-c2nnnn2C)c1O. The summed E-state index contributed by atoms with van der Waals surface area (Å²) in [6.07, 6.45) is 3.32. The summed E-state index contributed by atoms with van der Waals surface area (Å²) in [6.45, 7) is 3.90. The maximum Gasteiger partial charge on any atom is 0.367 e. The predicted molar refractivity (Wildman–Crippen MR) is 123 cm³/mol. The Morgan fingerprint density at radius 1 is 1.27 bits per heavy atom. The van der Waals surface area contributed by atoms with Gasteiger partial charge in [0.15, 0.2) is 17.5 Å². The Labute approximate surface area is 192 Å². The van der Waals surface area contributed by atoms with Crippen molar-refractivity contribution in [1.82, 2.24) is 25.1 Å². The predicted octanol–water partition coefficient (Wildman–Crippen LogP) is 1.48. The molecule has 4 rings (SSSR count). The first-order valence-corrected chi connectivity index (χ1v) is 11.8. The maximum absolute atomic E-state index is 12.4. The van der Waals surface area contributed by atoms with E-state index >= 15 is 0 Å². The number of aryl methyl sites for hydroxylation is 1. The highest BCUT2D eigenvalue weighted by Crippen LogP contribution is 2.37. The monoisotopic (exact) mass is 474 g/mol. The normalized spacial score (nSPS) is 20.0. The second kappa shape index (κ2) is 8.46. The van der Waals surface area contributed by atoms with E-state index in [0.717, 1.165) is 12.2 Å². The molecule has 1 aromatic heterocycles. The number of aromatic nitrogens is 4. The summed E-state index contributed by atoms with van der Waals surface area (Å²) in [5.74, 6) is 1.38. The third-order valence-electron chi connectivity index (χ3n) is 5.81. The van der Waals surface area contributed by atoms with E-state index in [2.05, 4.69) is 24.3 Å². The zero-order valence-electron chi connectivity index (χ0n) is 19.0. The number of rotatable bonds is 5. The number of tetrazole rings is 1. The topological polar surface area (TPSA) is 138 Å². The minimum Gasteiger partial charge on any atom is -0.505 e. The Bertz CT molecular complexity index is 1270. The van der Waals surface area contributed by atoms with Crippen LogP contribution in [0.15, 0.2) is 38.8 Å². The van der Waals surface area contributed by atoms with Crippen LogP contribution in [0.5, 0.6) is 5.75 Å². The summed E-state index contributed by atoms with van der Waals surface area (Å²) in [4.78, 5) is 3.28. The van der Waals surface area contributed by atoms with Crippen LogP contribution in [0, 0.1) is 0 Å². The molecular formula is C20H26N8O4S. The van der Waals surface area contributed by atoms with Crippen molar-refractivity contribution in [2.75, 3.05) is 19.0 Å². The number of para-hydroxylation sites is 1. The zero-order chi connectivity index (χ0) is 23.9. The summed E-state index contributed by atoms with van der Waals surface area (Å²) < 4.78 is 39.9. The van der Waals surface area contributed by atoms with Gasteiger partial charge in [-0.3, -0.25) is 0 Å². The molecule has 2 atom stereocenters. The molecular weight excluding hydrogens is 448 g/mol. The van der Waals surface area contributed by atoms with E-state index in [0.29, 0.717) is 23.5 Å². The minimum atomic E-state index is -4.07. The first kappa shape index (κ1) is 22.7. The highest BCUT2D eigenvalue weighted by atomic mass is 32.2. The van der Waals surface area contributed by atoms with Gasteiger partial charge in [0.25, 0.3) is 0 Å². The molecule has 0 saturated heterocycles. The van der Waals surface area contributed by atoms with E-state index in [1.807, 2.05) is 19.9 Å². The van der Waals surface area contributed by atoms with Crippen LogP contribution in [-0.2, 0) is 22.0 Å². The number of aromatic hydroxyl groups is 1. The van der Waals surface area contributed by atoms with Gasteiger partial charge in [0, 0.05) is 27.6 Å². The zero-order valence-corrected chi connectivity index (χ0v) is 19.9. The average molecular weight is 475 g/mol. The maximum atomic E-state index is 12.4. The number of anilines is 1. The first-order chi connectivity index (χ1) is 15.6. The second-order valence-electron chi connectivity index (χ2n) is 7.93. The van der Waals surface area contributed by atoms with Gasteiger partial charge in [-0.15, -0.1) is 13.9 Å². The van der Waals surface area contributed by atoms with E-state index in [9.17, 15) is 13.5 Å². The highest BCUT2D eigenvalue weighted by Gasteiger charge is 2.37. The molecule has 0 aliphatic carbocycles. The lowest BCUT2D eigenvalue weighted by atomic mass is 10.0. The van der Waals surface area contributed by atoms with Crippen LogP contribution in [0.25, 0.3) is 11.4 Å². The molecule has 0 saturated carbocycles. The Morgan fingerprint density at radius 3 is 2.61 bits per heavy atom. The molecule has 1 aromatic carbocycles. The van der Waals surface area contributed by atoms with Gasteiger partial charge in [-0.2, -0.15) is 8.42 Å². The number of likely N-dealkylation sites (N-methyl/N-ethyl adjacent to an activating group) is 2. The molecule has 0 radical (unpaired) electrons. The van der Waals surface area contributed by atoms with Crippen LogP contribution in [0.4, 0.5) is 5.69 Å². The van der Waals surface area contributed by atoms with E-state index < -0.39 is 10.2 Å². The number of phenols is 1. The molecule has 0 fully saturated rings. The summed E-state index contributed by atoms with van der Waals surface area (Å²) in [6, 6.07) is 4.91. The van der Waals surface area contributed by atoms with E-state index in [-0.39, 0.29) is 29.6 Å². The molecule has 2 aliphatic heterocycles. The Kier molecular flexibility index (Phi) is 5.82. The van der Waals surface area contributed by atoms with Crippen molar-refractivity contribution in [3.63, 3.8) is 0 Å². The summed E-state index contributed by atoms with van der Waals surface area (Å²) in [5, 5.41) is 22.3. The summed E-state index contributed by atoms with van der Waals surface area (Å²) >= 11 is 0. The fourth-order valence-corrected chi connectivity index (χ4v) is 5.00. The van der Waals surface area contributed by atoms with Crippen LogP contribution in [-0.4, -0.2) is 76.5 Å². The van der Waals surface area contributed by atoms with Gasteiger partial charge in [-0.25, -0.2) is 4.68 Å². The van der Waals surface area contributed by atoms with Crippen molar-refractivity contribution < 1.29 is 18.3 Å². The van der Waals surface area contributed by atoms with Gasteiger partial charge in [0.05, 0.1) is 23.1 Å². The van der Waals surface area contributed by atoms with Crippen LogP contribution in [0.2, 0.25) is 0 Å². The van der Waals surface area contributed by atoms with Crippen LogP contribution < -0.4 is 4.90 Å². The molecule has 0 amide bonds. The Hall–Kier alpha value is -3.48. The average Bonchev–Trinajstić information content (AvgIpc) is 3.47. The number of hydrogen-bond acceptors (Lipinski definition) is 9. The molecule has 12 nitrogen and oxygen atoms in total. The number of phenolic OH excluding ortho intramolecular Hbond substituents is 1. The van der Waals surface area contributed by atoms with E-state index in [4.69, 9.17) is 4.74 Å². The van der Waals surface area contributed by atoms with Gasteiger partial charge in [-0.05, 0) is 42.0 Å². The van der Waals surface area contributed by atoms with Crippen molar-refractivity contribution in [3.8, 4) is 17.1 Å². The number of ether oxygens (including phenoxy) is 1. The van der Waals surface area contributed by atoms with E-state index in [1.54, 1.807) is 44.2 Å². The Morgan fingerprint density at radius 2 is 2.00 bits per heavy atom. The largest absolute Gasteiger partial charge is 0.505 e. The summed E-state index contributed by atoms with van der Waals surface area (Å²) in [7, 11) is 0.981. The highest BCUT2D eigenvalue weighted by molar-refractivity contribution is 7.89. The number of allylic oxidation sites excluding steroid dienone is 1. The molecule has 1 unspecified atom stereocenters. The molecule has 1 N–H and O–H groups in total. The smallest absolute Gasteiger partial charge is 0.367 e. The van der Waals surface area contributed by atoms with Gasteiger partial charge in [-0.1, -0.05) is 13.0 Å². The van der Waals surface area contributed by atoms with Crippen LogP contribution >= 0.6 is 0 Å². The summed E-state index contributed by atoms with van der Waals surface area (Å²) in [5.41, 5.74) is 0.725. The second-order valence-corrected chi connectivity index (χ2v) is 9.19. The number of amidine groups is 2. The van der Waals surface area contributed by atoms with Crippen LogP contribution in [0.3, 0.4) is 0 Å². The van der Waals surface area contributed by atoms with Crippen molar-refractivity contribution in [2.24, 2.45) is 15.8 Å². The molecule has 2 aromatic rings.